The van der Waals surface area contributed by atoms with E-state index >= 15 is 0 Å². The van der Waals surface area contributed by atoms with Gasteiger partial charge >= 0.3 is 0 Å². The number of anilines is 1. The molecule has 3 aromatic rings. The van der Waals surface area contributed by atoms with E-state index in [0.717, 1.165) is 21.2 Å². The Hall–Kier alpha value is -1.92. The first-order valence-corrected chi connectivity index (χ1v) is 7.26. The van der Waals surface area contributed by atoms with E-state index in [1.807, 2.05) is 12.1 Å². The van der Waals surface area contributed by atoms with Crippen molar-refractivity contribution < 1.29 is 9.52 Å². The van der Waals surface area contributed by atoms with Crippen LogP contribution in [0.3, 0.4) is 0 Å². The minimum absolute atomic E-state index is 0.303. The molecule has 6 heteroatoms. The van der Waals surface area contributed by atoms with Crippen molar-refractivity contribution in [3.8, 4) is 0 Å². The number of hydrogen-bond acceptors (Lipinski definition) is 5. The topological polar surface area (TPSA) is 71.2 Å². The third kappa shape index (κ3) is 2.91. The van der Waals surface area contributed by atoms with Crippen LogP contribution in [0, 0.1) is 0 Å². The molecule has 0 aromatic carbocycles. The van der Waals surface area contributed by atoms with Gasteiger partial charge in [-0.25, -0.2) is 0 Å². The molecular weight excluding hydrogens is 334 g/mol. The fourth-order valence-electron chi connectivity index (χ4n) is 2.09. The molecule has 3 aromatic heterocycles. The van der Waals surface area contributed by atoms with E-state index in [2.05, 4.69) is 31.2 Å². The van der Waals surface area contributed by atoms with Gasteiger partial charge in [0.1, 0.15) is 16.9 Å². The lowest BCUT2D eigenvalue weighted by Gasteiger charge is -2.22. The molecule has 0 amide bonds. The number of fused-ring (bicyclic) bond motifs is 1. The molecule has 0 saturated carbocycles. The zero-order valence-electron chi connectivity index (χ0n) is 11.4. The first kappa shape index (κ1) is 14.0. The lowest BCUT2D eigenvalue weighted by molar-refractivity contribution is 0.0477. The predicted molar refractivity (Wildman–Crippen MR) is 84.0 cm³/mol. The summed E-state index contributed by atoms with van der Waals surface area (Å²) in [4.78, 5) is 8.65. The Bertz CT molecular complexity index is 757. The minimum Gasteiger partial charge on any atom is -0.466 e. The standard InChI is InChI=1S/C15H14BrN3O2/c1-15(20,13-3-2-6-21-13)9-19-11-4-5-17-12-7-10(16)8-18-14(11)12/h2-8,20H,9H2,1H3,(H,17,19). The summed E-state index contributed by atoms with van der Waals surface area (Å²) in [6, 6.07) is 7.24. The summed E-state index contributed by atoms with van der Waals surface area (Å²) < 4.78 is 6.14. The maximum Gasteiger partial charge on any atom is 0.136 e. The van der Waals surface area contributed by atoms with Crippen molar-refractivity contribution >= 4 is 32.7 Å². The van der Waals surface area contributed by atoms with Gasteiger partial charge in [-0.2, -0.15) is 0 Å². The van der Waals surface area contributed by atoms with Gasteiger partial charge in [-0.05, 0) is 47.1 Å². The van der Waals surface area contributed by atoms with Crippen LogP contribution in [0.2, 0.25) is 0 Å². The Kier molecular flexibility index (Phi) is 3.65. The molecule has 0 fully saturated rings. The van der Waals surface area contributed by atoms with E-state index in [1.165, 1.54) is 0 Å². The Morgan fingerprint density at radius 1 is 1.38 bits per heavy atom. The number of hydrogen-bond donors (Lipinski definition) is 2. The Morgan fingerprint density at radius 3 is 3.00 bits per heavy atom. The smallest absolute Gasteiger partial charge is 0.136 e. The summed E-state index contributed by atoms with van der Waals surface area (Å²) in [6.45, 7) is 2.00. The predicted octanol–water partition coefficient (Wildman–Crippen LogP) is 3.30. The van der Waals surface area contributed by atoms with Crippen LogP contribution in [0.25, 0.3) is 11.0 Å². The highest BCUT2D eigenvalue weighted by Crippen LogP contribution is 2.25. The molecule has 5 nitrogen and oxygen atoms in total. The van der Waals surface area contributed by atoms with Crippen LogP contribution in [0.1, 0.15) is 12.7 Å². The van der Waals surface area contributed by atoms with Crippen molar-refractivity contribution in [2.75, 3.05) is 11.9 Å². The number of aromatic nitrogens is 2. The molecule has 21 heavy (non-hydrogen) atoms. The van der Waals surface area contributed by atoms with Crippen molar-refractivity contribution in [1.29, 1.82) is 0 Å². The lowest BCUT2D eigenvalue weighted by atomic mass is 10.0. The fraction of sp³-hybridized carbons (Fsp3) is 0.200. The van der Waals surface area contributed by atoms with Crippen molar-refractivity contribution in [1.82, 2.24) is 9.97 Å². The second kappa shape index (κ2) is 5.46. The van der Waals surface area contributed by atoms with Crippen LogP contribution in [0.4, 0.5) is 5.69 Å². The third-order valence-corrected chi connectivity index (χ3v) is 3.65. The van der Waals surface area contributed by atoms with Crippen LogP contribution in [0.15, 0.2) is 51.8 Å². The molecule has 0 radical (unpaired) electrons. The molecule has 108 valence electrons. The van der Waals surface area contributed by atoms with E-state index in [9.17, 15) is 5.11 Å². The van der Waals surface area contributed by atoms with E-state index in [-0.39, 0.29) is 0 Å². The molecule has 1 atom stereocenters. The van der Waals surface area contributed by atoms with Gasteiger partial charge in [0.15, 0.2) is 0 Å². The van der Waals surface area contributed by atoms with Crippen molar-refractivity contribution in [3.05, 3.63) is 53.2 Å². The minimum atomic E-state index is -1.10. The molecule has 0 bridgehead atoms. The van der Waals surface area contributed by atoms with E-state index in [4.69, 9.17) is 4.42 Å². The molecule has 0 aliphatic heterocycles. The van der Waals surface area contributed by atoms with Crippen LogP contribution in [0.5, 0.6) is 0 Å². The average Bonchev–Trinajstić information content (AvgIpc) is 2.99. The highest BCUT2D eigenvalue weighted by molar-refractivity contribution is 9.10. The zero-order chi connectivity index (χ0) is 14.9. The number of rotatable bonds is 4. The maximum absolute atomic E-state index is 10.5. The summed E-state index contributed by atoms with van der Waals surface area (Å²) in [5.74, 6) is 0.518. The first-order valence-electron chi connectivity index (χ1n) is 6.47. The van der Waals surface area contributed by atoms with Gasteiger partial charge in [0.2, 0.25) is 0 Å². The average molecular weight is 348 g/mol. The molecule has 0 spiro atoms. The van der Waals surface area contributed by atoms with Gasteiger partial charge in [0, 0.05) is 16.9 Å². The highest BCUT2D eigenvalue weighted by atomic mass is 79.9. The number of pyridine rings is 2. The van der Waals surface area contributed by atoms with Crippen LogP contribution in [-0.2, 0) is 5.60 Å². The SMILES string of the molecule is CC(O)(CNc1ccnc2cc(Br)cnc12)c1ccco1. The molecule has 3 rings (SSSR count). The van der Waals surface area contributed by atoms with Gasteiger partial charge in [-0.1, -0.05) is 0 Å². The number of halogens is 1. The quantitative estimate of drug-likeness (QED) is 0.757. The third-order valence-electron chi connectivity index (χ3n) is 3.22. The number of furan rings is 1. The lowest BCUT2D eigenvalue weighted by Crippen LogP contribution is -2.30. The van der Waals surface area contributed by atoms with Crippen molar-refractivity contribution in [2.45, 2.75) is 12.5 Å². The van der Waals surface area contributed by atoms with Gasteiger partial charge in [0.25, 0.3) is 0 Å². The molecular formula is C15H14BrN3O2. The second-order valence-electron chi connectivity index (χ2n) is 4.98. The zero-order valence-corrected chi connectivity index (χ0v) is 13.0. The molecule has 0 aliphatic carbocycles. The van der Waals surface area contributed by atoms with Gasteiger partial charge in [-0.3, -0.25) is 9.97 Å². The number of nitrogens with zero attached hydrogens (tertiary/aromatic N) is 2. The molecule has 2 N–H and O–H groups in total. The van der Waals surface area contributed by atoms with Crippen LogP contribution < -0.4 is 5.32 Å². The van der Waals surface area contributed by atoms with Crippen LogP contribution >= 0.6 is 15.9 Å². The highest BCUT2D eigenvalue weighted by Gasteiger charge is 2.26. The second-order valence-corrected chi connectivity index (χ2v) is 5.90. The fourth-order valence-corrected chi connectivity index (χ4v) is 2.41. The molecule has 0 saturated heterocycles. The summed E-state index contributed by atoms with van der Waals surface area (Å²) in [5, 5.41) is 13.7. The Balaban J connectivity index is 1.86. The first-order chi connectivity index (χ1) is 10.1. The largest absolute Gasteiger partial charge is 0.466 e. The number of nitrogens with one attached hydrogen (secondary N) is 1. The van der Waals surface area contributed by atoms with Gasteiger partial charge in [-0.15, -0.1) is 0 Å². The van der Waals surface area contributed by atoms with Crippen LogP contribution in [-0.4, -0.2) is 21.6 Å². The summed E-state index contributed by atoms with van der Waals surface area (Å²) >= 11 is 3.38. The molecule has 1 unspecified atom stereocenters. The normalized spacial score (nSPS) is 14.0. The monoisotopic (exact) mass is 347 g/mol. The molecule has 0 aliphatic rings. The van der Waals surface area contributed by atoms with Crippen molar-refractivity contribution in [2.24, 2.45) is 0 Å². The van der Waals surface area contributed by atoms with Gasteiger partial charge in [0.05, 0.1) is 24.0 Å². The summed E-state index contributed by atoms with van der Waals surface area (Å²) in [6.07, 6.45) is 4.98. The van der Waals surface area contributed by atoms with E-state index in [0.29, 0.717) is 12.3 Å². The maximum atomic E-state index is 10.5. The Morgan fingerprint density at radius 2 is 2.24 bits per heavy atom. The summed E-state index contributed by atoms with van der Waals surface area (Å²) in [5.41, 5.74) is 1.26. The number of aliphatic hydroxyl groups is 1. The van der Waals surface area contributed by atoms with Gasteiger partial charge < -0.3 is 14.8 Å². The van der Waals surface area contributed by atoms with E-state index < -0.39 is 5.60 Å². The Labute approximate surface area is 130 Å². The molecule has 3 heterocycles. The van der Waals surface area contributed by atoms with E-state index in [1.54, 1.807) is 37.7 Å². The van der Waals surface area contributed by atoms with Crippen molar-refractivity contribution in [3.63, 3.8) is 0 Å². The summed E-state index contributed by atoms with van der Waals surface area (Å²) in [7, 11) is 0.